The van der Waals surface area contributed by atoms with Gasteiger partial charge in [0.05, 0.1) is 18.2 Å². The van der Waals surface area contributed by atoms with Gasteiger partial charge in [-0.1, -0.05) is 35.3 Å². The highest BCUT2D eigenvalue weighted by atomic mass is 35.5. The lowest BCUT2D eigenvalue weighted by Gasteiger charge is -2.17. The number of ether oxygens (including phenoxy) is 1. The molecule has 0 bridgehead atoms. The lowest BCUT2D eigenvalue weighted by atomic mass is 10.1. The number of hydrogen-bond acceptors (Lipinski definition) is 4. The van der Waals surface area contributed by atoms with Crippen LogP contribution in [0.2, 0.25) is 10.0 Å². The van der Waals surface area contributed by atoms with Crippen molar-refractivity contribution >= 4 is 29.0 Å². The number of hydrogen-bond donors (Lipinski definition) is 1. The van der Waals surface area contributed by atoms with Gasteiger partial charge in [0.15, 0.2) is 5.78 Å². The number of rotatable bonds is 9. The molecule has 0 saturated heterocycles. The smallest absolute Gasteiger partial charge is 0.178 e. The van der Waals surface area contributed by atoms with Crippen molar-refractivity contribution in [2.75, 3.05) is 26.8 Å². The summed E-state index contributed by atoms with van der Waals surface area (Å²) >= 11 is 12.0. The molecule has 0 heterocycles. The average molecular weight is 382 g/mol. The summed E-state index contributed by atoms with van der Waals surface area (Å²) in [5.74, 6) is 0.675. The van der Waals surface area contributed by atoms with Gasteiger partial charge in [-0.3, -0.25) is 9.69 Å². The summed E-state index contributed by atoms with van der Waals surface area (Å²) in [6, 6.07) is 12.6. The summed E-state index contributed by atoms with van der Waals surface area (Å²) in [6.45, 7) is 1.41. The van der Waals surface area contributed by atoms with Crippen LogP contribution in [0.1, 0.15) is 22.3 Å². The number of nitrogens with zero attached hydrogens (tertiary/aromatic N) is 1. The van der Waals surface area contributed by atoms with Gasteiger partial charge >= 0.3 is 0 Å². The minimum Gasteiger partial charge on any atom is -0.493 e. The molecule has 1 N–H and O–H groups in total. The highest BCUT2D eigenvalue weighted by molar-refractivity contribution is 6.36. The molecule has 0 amide bonds. The monoisotopic (exact) mass is 381 g/mol. The van der Waals surface area contributed by atoms with E-state index in [2.05, 4.69) is 0 Å². The summed E-state index contributed by atoms with van der Waals surface area (Å²) in [7, 11) is 1.87. The molecule has 0 aromatic heterocycles. The molecular weight excluding hydrogens is 361 g/mol. The predicted octanol–water partition coefficient (Wildman–Crippen LogP) is 4.07. The van der Waals surface area contributed by atoms with Crippen molar-refractivity contribution in [2.45, 2.75) is 13.0 Å². The number of ketones is 1. The van der Waals surface area contributed by atoms with E-state index in [9.17, 15) is 4.79 Å². The number of likely N-dealkylation sites (N-methyl/N-ethyl adjacent to an activating group) is 1. The van der Waals surface area contributed by atoms with Gasteiger partial charge in [0.25, 0.3) is 0 Å². The molecule has 0 radical (unpaired) electrons. The van der Waals surface area contributed by atoms with E-state index >= 15 is 0 Å². The molecule has 0 saturated carbocycles. The summed E-state index contributed by atoms with van der Waals surface area (Å²) in [4.78, 5) is 14.3. The summed E-state index contributed by atoms with van der Waals surface area (Å²) < 4.78 is 5.57. The Morgan fingerprint density at radius 2 is 2.00 bits per heavy atom. The summed E-state index contributed by atoms with van der Waals surface area (Å²) in [6.07, 6.45) is 0.596. The zero-order valence-electron chi connectivity index (χ0n) is 14.0. The number of Topliss-reactive ketones (excluding diaryl/α,β-unsaturated/α-hetero) is 1. The molecule has 0 unspecified atom stereocenters. The minimum atomic E-state index is -0.0784. The highest BCUT2D eigenvalue weighted by Crippen LogP contribution is 2.21. The summed E-state index contributed by atoms with van der Waals surface area (Å²) in [5, 5.41) is 9.69. The van der Waals surface area contributed by atoms with E-state index in [0.29, 0.717) is 35.2 Å². The Kier molecular flexibility index (Phi) is 7.72. The van der Waals surface area contributed by atoms with E-state index in [-0.39, 0.29) is 18.9 Å². The van der Waals surface area contributed by atoms with Gasteiger partial charge in [-0.2, -0.15) is 0 Å². The first-order valence-corrected chi connectivity index (χ1v) is 8.74. The number of halogens is 2. The maximum absolute atomic E-state index is 12.4. The van der Waals surface area contributed by atoms with E-state index in [0.717, 1.165) is 11.3 Å². The van der Waals surface area contributed by atoms with Gasteiger partial charge in [-0.25, -0.2) is 0 Å². The van der Waals surface area contributed by atoms with Gasteiger partial charge < -0.3 is 9.84 Å². The van der Waals surface area contributed by atoms with Gasteiger partial charge in [0, 0.05) is 30.2 Å². The van der Waals surface area contributed by atoms with E-state index in [1.54, 1.807) is 18.2 Å². The number of aliphatic hydroxyl groups excluding tert-OH is 1. The predicted molar refractivity (Wildman–Crippen MR) is 101 cm³/mol. The molecule has 134 valence electrons. The normalized spacial score (nSPS) is 10.9. The van der Waals surface area contributed by atoms with Crippen molar-refractivity contribution in [3.8, 4) is 5.75 Å². The molecule has 0 aliphatic rings. The standard InChI is InChI=1S/C19H21Cl2NO3/c1-22(13-19(24)17-11-15(20)6-7-18(17)21)12-14-4-2-5-16(10-14)25-9-3-8-23/h2,4-7,10-11,23H,3,8-9,12-13H2,1H3. The second-order valence-electron chi connectivity index (χ2n) is 5.79. The molecule has 0 atom stereocenters. The van der Waals surface area contributed by atoms with Crippen molar-refractivity contribution in [1.82, 2.24) is 4.90 Å². The number of aliphatic hydroxyl groups is 1. The quantitative estimate of drug-likeness (QED) is 0.525. The number of benzene rings is 2. The fraction of sp³-hybridized carbons (Fsp3) is 0.316. The van der Waals surface area contributed by atoms with E-state index in [1.165, 1.54) is 0 Å². The Morgan fingerprint density at radius 1 is 1.20 bits per heavy atom. The topological polar surface area (TPSA) is 49.8 Å². The zero-order chi connectivity index (χ0) is 18.2. The lowest BCUT2D eigenvalue weighted by molar-refractivity contribution is 0.0943. The van der Waals surface area contributed by atoms with Crippen molar-refractivity contribution in [3.05, 3.63) is 63.6 Å². The molecular formula is C19H21Cl2NO3. The molecule has 0 spiro atoms. The molecule has 2 aromatic carbocycles. The fourth-order valence-corrected chi connectivity index (χ4v) is 2.79. The van der Waals surface area contributed by atoms with Crippen LogP contribution in [0.4, 0.5) is 0 Å². The van der Waals surface area contributed by atoms with Crippen LogP contribution >= 0.6 is 23.2 Å². The van der Waals surface area contributed by atoms with Crippen molar-refractivity contribution in [1.29, 1.82) is 0 Å². The third kappa shape index (κ3) is 6.33. The van der Waals surface area contributed by atoms with E-state index in [4.69, 9.17) is 33.0 Å². The van der Waals surface area contributed by atoms with Crippen LogP contribution in [-0.2, 0) is 6.54 Å². The first-order chi connectivity index (χ1) is 12.0. The second-order valence-corrected chi connectivity index (χ2v) is 6.64. The van der Waals surface area contributed by atoms with Crippen molar-refractivity contribution in [2.24, 2.45) is 0 Å². The molecule has 0 aliphatic heterocycles. The van der Waals surface area contributed by atoms with Crippen LogP contribution < -0.4 is 4.74 Å². The average Bonchev–Trinajstić information content (AvgIpc) is 2.57. The number of carbonyl (C=O) groups is 1. The Balaban J connectivity index is 1.95. The zero-order valence-corrected chi connectivity index (χ0v) is 15.6. The summed E-state index contributed by atoms with van der Waals surface area (Å²) in [5.41, 5.74) is 1.47. The van der Waals surface area contributed by atoms with Crippen LogP contribution in [-0.4, -0.2) is 42.6 Å². The van der Waals surface area contributed by atoms with Crippen LogP contribution in [0.5, 0.6) is 5.75 Å². The van der Waals surface area contributed by atoms with Crippen LogP contribution in [0, 0.1) is 0 Å². The maximum atomic E-state index is 12.4. The van der Waals surface area contributed by atoms with Crippen LogP contribution in [0.25, 0.3) is 0 Å². The maximum Gasteiger partial charge on any atom is 0.178 e. The van der Waals surface area contributed by atoms with Crippen LogP contribution in [0.3, 0.4) is 0 Å². The SMILES string of the molecule is CN(CC(=O)c1cc(Cl)ccc1Cl)Cc1cccc(OCCCO)c1. The van der Waals surface area contributed by atoms with Crippen molar-refractivity contribution < 1.29 is 14.6 Å². The van der Waals surface area contributed by atoms with Gasteiger partial charge in [-0.05, 0) is 42.9 Å². The molecule has 2 aromatic rings. The second kappa shape index (κ2) is 9.78. The van der Waals surface area contributed by atoms with Gasteiger partial charge in [-0.15, -0.1) is 0 Å². The molecule has 0 aliphatic carbocycles. The minimum absolute atomic E-state index is 0.0784. The van der Waals surface area contributed by atoms with E-state index in [1.807, 2.05) is 36.2 Å². The van der Waals surface area contributed by atoms with Crippen LogP contribution in [0.15, 0.2) is 42.5 Å². The molecule has 25 heavy (non-hydrogen) atoms. The molecule has 4 nitrogen and oxygen atoms in total. The Labute approximate surface area is 157 Å². The van der Waals surface area contributed by atoms with Gasteiger partial charge in [0.2, 0.25) is 0 Å². The first kappa shape index (κ1) is 19.7. The van der Waals surface area contributed by atoms with E-state index < -0.39 is 0 Å². The largest absolute Gasteiger partial charge is 0.493 e. The lowest BCUT2D eigenvalue weighted by Crippen LogP contribution is -2.25. The Morgan fingerprint density at radius 3 is 2.76 bits per heavy atom. The molecule has 0 fully saturated rings. The van der Waals surface area contributed by atoms with Gasteiger partial charge in [0.1, 0.15) is 5.75 Å². The molecule has 6 heteroatoms. The highest BCUT2D eigenvalue weighted by Gasteiger charge is 2.14. The Bertz CT molecular complexity index is 722. The molecule has 2 rings (SSSR count). The first-order valence-electron chi connectivity index (χ1n) is 7.99. The Hall–Kier alpha value is -1.59. The number of carbonyl (C=O) groups excluding carboxylic acids is 1. The van der Waals surface area contributed by atoms with Crippen molar-refractivity contribution in [3.63, 3.8) is 0 Å². The third-order valence-corrected chi connectivity index (χ3v) is 4.13. The fourth-order valence-electron chi connectivity index (χ4n) is 2.40. The third-order valence-electron chi connectivity index (χ3n) is 3.56.